The molecule has 1 saturated heterocycles. The van der Waals surface area contributed by atoms with Crippen LogP contribution in [0.3, 0.4) is 0 Å². The number of rotatable bonds is 14. The van der Waals surface area contributed by atoms with Gasteiger partial charge in [-0.25, -0.2) is 61.5 Å². The molecule has 0 radical (unpaired) electrons. The Morgan fingerprint density at radius 3 is 0.861 bits per heavy atom. The minimum atomic E-state index is -4.51. The lowest BCUT2D eigenvalue weighted by Crippen LogP contribution is -2.25. The number of ether oxygens (including phenoxy) is 3. The minimum absolute atomic E-state index is 0. The number of alkyl halides is 4. The summed E-state index contributed by atoms with van der Waals surface area (Å²) in [5.41, 5.74) is 5.13. The van der Waals surface area contributed by atoms with Gasteiger partial charge in [-0.15, -0.1) is 0 Å². The van der Waals surface area contributed by atoms with E-state index < -0.39 is 127 Å². The summed E-state index contributed by atoms with van der Waals surface area (Å²) in [7, 11) is 0. The molecule has 1 aliphatic carbocycles. The van der Waals surface area contributed by atoms with Gasteiger partial charge in [-0.1, -0.05) is 167 Å². The van der Waals surface area contributed by atoms with Crippen LogP contribution in [0.25, 0.3) is 66.8 Å². The lowest BCUT2D eigenvalue weighted by molar-refractivity contribution is -0.190. The molecule has 1 heterocycles. The Morgan fingerprint density at radius 1 is 0.278 bits per heavy atom. The first-order chi connectivity index (χ1) is 54.0. The molecule has 3 nitrogen and oxygen atoms in total. The Morgan fingerprint density at radius 2 is 0.548 bits per heavy atom. The highest BCUT2D eigenvalue weighted by Gasteiger charge is 2.43. The summed E-state index contributed by atoms with van der Waals surface area (Å²) in [5.74, 6) is -14.3. The molecule has 14 rings (SSSR count). The second-order valence-corrected chi connectivity index (χ2v) is 28.8. The Labute approximate surface area is 655 Å². The van der Waals surface area contributed by atoms with E-state index >= 15 is 0 Å². The van der Waals surface area contributed by atoms with E-state index in [0.717, 1.165) is 108 Å². The molecule has 0 spiro atoms. The van der Waals surface area contributed by atoms with Gasteiger partial charge in [0.1, 0.15) is 104 Å². The summed E-state index contributed by atoms with van der Waals surface area (Å²) in [5, 5.41) is 0. The summed E-state index contributed by atoms with van der Waals surface area (Å²) < 4.78 is 269. The summed E-state index contributed by atoms with van der Waals surface area (Å²) >= 11 is 0. The van der Waals surface area contributed by atoms with Gasteiger partial charge in [0, 0.05) is 64.3 Å². The molecule has 2 fully saturated rings. The number of benzene rings is 12. The summed E-state index contributed by atoms with van der Waals surface area (Å²) in [6.07, 6.45) is -2.16. The first kappa shape index (κ1) is 86.3. The van der Waals surface area contributed by atoms with E-state index in [9.17, 15) is 79.0 Å². The van der Waals surface area contributed by atoms with Crippen LogP contribution in [-0.2, 0) is 17.0 Å². The Kier molecular flexibility index (Phi) is 27.5. The number of halogens is 18. The maximum absolute atomic E-state index is 14.7. The minimum Gasteiger partial charge on any atom is -0.429 e. The van der Waals surface area contributed by atoms with Crippen LogP contribution < -0.4 is 9.47 Å². The van der Waals surface area contributed by atoms with Crippen molar-refractivity contribution in [3.63, 3.8) is 0 Å². The van der Waals surface area contributed by atoms with Crippen LogP contribution >= 0.6 is 0 Å². The highest BCUT2D eigenvalue weighted by molar-refractivity contribution is 5.74. The van der Waals surface area contributed by atoms with E-state index in [0.29, 0.717) is 53.8 Å². The van der Waals surface area contributed by atoms with E-state index in [1.54, 1.807) is 72.8 Å². The van der Waals surface area contributed by atoms with Crippen LogP contribution in [0.2, 0.25) is 0 Å². The summed E-state index contributed by atoms with van der Waals surface area (Å²) in [6, 6.07) is 48.8. The second kappa shape index (κ2) is 36.6. The van der Waals surface area contributed by atoms with E-state index in [4.69, 9.17) is 4.74 Å². The molecular formula is C94H80F18O3. The van der Waals surface area contributed by atoms with Crippen molar-refractivity contribution in [1.29, 1.82) is 0 Å². The van der Waals surface area contributed by atoms with Gasteiger partial charge in [-0.3, -0.25) is 0 Å². The fourth-order valence-corrected chi connectivity index (χ4v) is 13.3. The van der Waals surface area contributed by atoms with Crippen molar-refractivity contribution in [3.8, 4) is 78.3 Å². The predicted octanol–water partition coefficient (Wildman–Crippen LogP) is 29.2. The number of aryl methyl sites for hydroxylation is 2. The molecule has 21 heteroatoms. The molecule has 115 heavy (non-hydrogen) atoms. The summed E-state index contributed by atoms with van der Waals surface area (Å²) in [4.78, 5) is 0. The highest BCUT2D eigenvalue weighted by Crippen LogP contribution is 2.43. The van der Waals surface area contributed by atoms with Crippen LogP contribution in [-0.4, -0.2) is 6.61 Å². The van der Waals surface area contributed by atoms with Crippen molar-refractivity contribution in [2.24, 2.45) is 11.8 Å². The van der Waals surface area contributed by atoms with Gasteiger partial charge in [-0.05, 0) is 212 Å². The third-order valence-electron chi connectivity index (χ3n) is 20.4. The molecule has 2 unspecified atom stereocenters. The molecule has 2 aliphatic rings. The average Bonchev–Trinajstić information content (AvgIpc) is 0.783. The lowest BCUT2D eigenvalue weighted by Gasteiger charge is -2.27. The maximum atomic E-state index is 14.7. The molecule has 1 saturated carbocycles. The van der Waals surface area contributed by atoms with Crippen molar-refractivity contribution < 1.29 is 93.2 Å². The average molecular weight is 1600 g/mol. The zero-order valence-corrected chi connectivity index (χ0v) is 62.9. The monoisotopic (exact) mass is 1600 g/mol. The highest BCUT2D eigenvalue weighted by atomic mass is 19.3. The van der Waals surface area contributed by atoms with E-state index in [2.05, 4.69) is 35.5 Å². The molecule has 600 valence electrons. The second-order valence-electron chi connectivity index (χ2n) is 28.8. The zero-order valence-electron chi connectivity index (χ0n) is 62.9. The third kappa shape index (κ3) is 20.7. The number of hydrogen-bond acceptors (Lipinski definition) is 3. The van der Waals surface area contributed by atoms with Crippen LogP contribution in [0.15, 0.2) is 206 Å². The standard InChI is InChI=1S/C26H22F6O2.C26H25F3.C21H14F6O.C20H15F3.CH4/c1-14-3-8-24(33-13-14)17-6-4-16(5-7-17)18-9-22(29)25(23(30)10-18)26(31,32)34-19-11-20(27)15(2)21(28)12-19;1-16-3-5-18(6-4-16)19-7-9-20(10-8-19)21-11-12-23(26(29)13-21)22-14-24(27)17(2)25(28)15-22;1-11-3-5-13(6-4-11)14-7-18(24)20(19(25)8-14)21(26,27)28-15-9-16(22)12(2)17(23)10-15;1-12-3-5-14(6-4-12)15-7-8-17(20(23)9-15)16-10-18(21)13(2)19(22)11-16;/h4-7,9-12,14,24H,3,8,13H2,1-2H3;7-16,18H,3-6H2,1-2H3;3-10H,1-2H3;3-11H,1-2H3;1H4. The SMILES string of the molecule is C.Cc1c(F)cc(-c2ccc(-c3ccc(C4CCC(C)CC4)cc3)cc2F)cc1F.Cc1c(F)cc(OC(F)(F)c2c(F)cc(-c3ccc(C4CCC(C)CO4)cc3)cc2F)cc1F.Cc1ccc(-c2cc(F)c(C(F)(F)Oc3cc(F)c(C)c(F)c3)c(F)c2)cc1.Cc1ccc(-c2ccc(-c3cc(F)c(C)c(F)c3)c(F)c2)cc1. The maximum Gasteiger partial charge on any atom is 0.432 e. The van der Waals surface area contributed by atoms with Gasteiger partial charge >= 0.3 is 12.2 Å². The molecule has 0 bridgehead atoms. The molecular weight excluding hydrogens is 1520 g/mol. The molecule has 2 atom stereocenters. The van der Waals surface area contributed by atoms with E-state index in [1.807, 2.05) is 50.2 Å². The number of hydrogen-bond donors (Lipinski definition) is 0. The zero-order chi connectivity index (χ0) is 82.4. The Hall–Kier alpha value is -11.1. The van der Waals surface area contributed by atoms with Crippen molar-refractivity contribution in [3.05, 3.63) is 343 Å². The Balaban J connectivity index is 0.000000163. The van der Waals surface area contributed by atoms with Gasteiger partial charge in [0.15, 0.2) is 0 Å². The third-order valence-corrected chi connectivity index (χ3v) is 20.4. The van der Waals surface area contributed by atoms with Crippen LogP contribution in [0, 0.1) is 135 Å². The van der Waals surface area contributed by atoms with Gasteiger partial charge in [-0.2, -0.15) is 17.6 Å². The fraction of sp³-hybridized carbons (Fsp3) is 0.234. The molecule has 12 aromatic carbocycles. The fourth-order valence-electron chi connectivity index (χ4n) is 13.3. The lowest BCUT2D eigenvalue weighted by atomic mass is 9.79. The van der Waals surface area contributed by atoms with Gasteiger partial charge in [0.2, 0.25) is 0 Å². The molecule has 0 aromatic heterocycles. The van der Waals surface area contributed by atoms with Crippen molar-refractivity contribution in [2.45, 2.75) is 126 Å². The molecule has 0 N–H and O–H groups in total. The molecule has 0 amide bonds. The van der Waals surface area contributed by atoms with Crippen molar-refractivity contribution >= 4 is 0 Å². The summed E-state index contributed by atoms with van der Waals surface area (Å²) in [6.45, 7) is 13.8. The van der Waals surface area contributed by atoms with Crippen molar-refractivity contribution in [2.75, 3.05) is 6.61 Å². The van der Waals surface area contributed by atoms with Crippen LogP contribution in [0.5, 0.6) is 11.5 Å². The van der Waals surface area contributed by atoms with Gasteiger partial charge < -0.3 is 14.2 Å². The van der Waals surface area contributed by atoms with E-state index in [-0.39, 0.29) is 58.0 Å². The van der Waals surface area contributed by atoms with Gasteiger partial charge in [0.05, 0.1) is 6.10 Å². The van der Waals surface area contributed by atoms with Crippen molar-refractivity contribution in [1.82, 2.24) is 0 Å². The topological polar surface area (TPSA) is 27.7 Å². The smallest absolute Gasteiger partial charge is 0.429 e. The quantitative estimate of drug-likeness (QED) is 0.102. The first-order valence-electron chi connectivity index (χ1n) is 36.5. The van der Waals surface area contributed by atoms with Crippen LogP contribution in [0.4, 0.5) is 79.0 Å². The Bertz CT molecular complexity index is 5300. The molecule has 12 aromatic rings. The van der Waals surface area contributed by atoms with Crippen LogP contribution in [0.1, 0.15) is 127 Å². The predicted molar refractivity (Wildman–Crippen MR) is 412 cm³/mol. The van der Waals surface area contributed by atoms with E-state index in [1.165, 1.54) is 69.4 Å². The van der Waals surface area contributed by atoms with Gasteiger partial charge in [0.25, 0.3) is 0 Å². The molecule has 1 aliphatic heterocycles. The normalized spacial score (nSPS) is 15.4. The largest absolute Gasteiger partial charge is 0.432 e. The first-order valence-corrected chi connectivity index (χ1v) is 36.5.